The maximum absolute atomic E-state index is 5.71. The molecule has 3 rings (SSSR count). The van der Waals surface area contributed by atoms with E-state index in [0.717, 1.165) is 5.69 Å². The Labute approximate surface area is 97.1 Å². The minimum absolute atomic E-state index is 0.649. The maximum atomic E-state index is 5.71. The van der Waals surface area contributed by atoms with Gasteiger partial charge in [-0.25, -0.2) is 4.98 Å². The van der Waals surface area contributed by atoms with Crippen LogP contribution in [0.4, 0.5) is 17.2 Å². The van der Waals surface area contributed by atoms with Crippen LogP contribution in [0.1, 0.15) is 0 Å². The Morgan fingerprint density at radius 1 is 1.29 bits per heavy atom. The van der Waals surface area contributed by atoms with Gasteiger partial charge < -0.3 is 11.1 Å². The SMILES string of the molecule is Nc1cccc(Nc2nccn3cnnc23)c1. The molecule has 3 aromatic rings. The van der Waals surface area contributed by atoms with Gasteiger partial charge in [-0.05, 0) is 18.2 Å². The average Bonchev–Trinajstić information content (AvgIpc) is 2.78. The van der Waals surface area contributed by atoms with Crippen LogP contribution in [0, 0.1) is 0 Å². The highest BCUT2D eigenvalue weighted by atomic mass is 15.2. The van der Waals surface area contributed by atoms with Crippen molar-refractivity contribution < 1.29 is 0 Å². The van der Waals surface area contributed by atoms with E-state index >= 15 is 0 Å². The Morgan fingerprint density at radius 2 is 2.24 bits per heavy atom. The molecule has 0 aliphatic heterocycles. The molecule has 0 bridgehead atoms. The smallest absolute Gasteiger partial charge is 0.203 e. The van der Waals surface area contributed by atoms with E-state index in [2.05, 4.69) is 20.5 Å². The number of benzene rings is 1. The maximum Gasteiger partial charge on any atom is 0.203 e. The predicted octanol–water partition coefficient (Wildman–Crippen LogP) is 1.45. The highest BCUT2D eigenvalue weighted by Gasteiger charge is 2.04. The zero-order valence-corrected chi connectivity index (χ0v) is 8.91. The summed E-state index contributed by atoms with van der Waals surface area (Å²) in [6.07, 6.45) is 5.10. The molecule has 0 fully saturated rings. The van der Waals surface area contributed by atoms with Crippen molar-refractivity contribution in [3.05, 3.63) is 43.0 Å². The van der Waals surface area contributed by atoms with Gasteiger partial charge in [-0.15, -0.1) is 10.2 Å². The van der Waals surface area contributed by atoms with Gasteiger partial charge in [0.1, 0.15) is 6.33 Å². The monoisotopic (exact) mass is 226 g/mol. The molecule has 84 valence electrons. The highest BCUT2D eigenvalue weighted by molar-refractivity contribution is 5.70. The molecule has 0 unspecified atom stereocenters. The molecule has 2 heterocycles. The van der Waals surface area contributed by atoms with E-state index in [9.17, 15) is 0 Å². The first kappa shape index (κ1) is 9.59. The molecule has 0 spiro atoms. The van der Waals surface area contributed by atoms with Gasteiger partial charge in [0, 0.05) is 23.8 Å². The molecule has 2 aromatic heterocycles. The Kier molecular flexibility index (Phi) is 2.11. The number of anilines is 3. The molecular weight excluding hydrogens is 216 g/mol. The third-order valence-corrected chi connectivity index (χ3v) is 2.37. The van der Waals surface area contributed by atoms with E-state index in [4.69, 9.17) is 5.73 Å². The van der Waals surface area contributed by atoms with Gasteiger partial charge in [-0.2, -0.15) is 0 Å². The Hall–Kier alpha value is -2.63. The average molecular weight is 226 g/mol. The fraction of sp³-hybridized carbons (Fsp3) is 0. The molecule has 0 amide bonds. The molecule has 0 atom stereocenters. The first-order valence-electron chi connectivity index (χ1n) is 5.10. The molecule has 0 aliphatic carbocycles. The van der Waals surface area contributed by atoms with Gasteiger partial charge in [-0.1, -0.05) is 6.07 Å². The van der Waals surface area contributed by atoms with Gasteiger partial charge in [0.25, 0.3) is 0 Å². The summed E-state index contributed by atoms with van der Waals surface area (Å²) in [7, 11) is 0. The fourth-order valence-electron chi connectivity index (χ4n) is 1.60. The lowest BCUT2D eigenvalue weighted by molar-refractivity contribution is 1.10. The summed E-state index contributed by atoms with van der Waals surface area (Å²) in [5.74, 6) is 0.649. The number of hydrogen-bond acceptors (Lipinski definition) is 5. The summed E-state index contributed by atoms with van der Waals surface area (Å²) in [6.45, 7) is 0. The van der Waals surface area contributed by atoms with Gasteiger partial charge in [0.05, 0.1) is 0 Å². The molecule has 6 nitrogen and oxygen atoms in total. The zero-order valence-electron chi connectivity index (χ0n) is 8.91. The molecule has 0 saturated heterocycles. The van der Waals surface area contributed by atoms with Crippen LogP contribution >= 0.6 is 0 Å². The van der Waals surface area contributed by atoms with Crippen molar-refractivity contribution in [2.75, 3.05) is 11.1 Å². The number of nitrogens with two attached hydrogens (primary N) is 1. The lowest BCUT2D eigenvalue weighted by Gasteiger charge is -2.06. The number of nitrogens with one attached hydrogen (secondary N) is 1. The van der Waals surface area contributed by atoms with E-state index in [0.29, 0.717) is 17.2 Å². The number of aromatic nitrogens is 4. The number of nitrogen functional groups attached to an aromatic ring is 1. The topological polar surface area (TPSA) is 81.1 Å². The second kappa shape index (κ2) is 3.75. The normalized spacial score (nSPS) is 10.6. The van der Waals surface area contributed by atoms with Crippen LogP contribution in [0.2, 0.25) is 0 Å². The van der Waals surface area contributed by atoms with Crippen LogP contribution in [0.5, 0.6) is 0 Å². The summed E-state index contributed by atoms with van der Waals surface area (Å²) < 4.78 is 1.79. The van der Waals surface area contributed by atoms with Crippen LogP contribution < -0.4 is 11.1 Å². The third kappa shape index (κ3) is 1.76. The molecule has 17 heavy (non-hydrogen) atoms. The predicted molar refractivity (Wildman–Crippen MR) is 64.9 cm³/mol. The lowest BCUT2D eigenvalue weighted by Crippen LogP contribution is -1.98. The number of rotatable bonds is 2. The van der Waals surface area contributed by atoms with Gasteiger partial charge in [0.15, 0.2) is 5.82 Å². The molecular formula is C11H10N6. The minimum Gasteiger partial charge on any atom is -0.399 e. The van der Waals surface area contributed by atoms with E-state index in [-0.39, 0.29) is 0 Å². The van der Waals surface area contributed by atoms with Crippen molar-refractivity contribution in [1.82, 2.24) is 19.6 Å². The first-order chi connectivity index (χ1) is 8.33. The van der Waals surface area contributed by atoms with Crippen LogP contribution in [0.25, 0.3) is 5.65 Å². The Balaban J connectivity index is 2.02. The van der Waals surface area contributed by atoms with Crippen LogP contribution in [-0.2, 0) is 0 Å². The van der Waals surface area contributed by atoms with Crippen LogP contribution in [0.3, 0.4) is 0 Å². The zero-order chi connectivity index (χ0) is 11.7. The van der Waals surface area contributed by atoms with E-state index in [1.54, 1.807) is 23.1 Å². The highest BCUT2D eigenvalue weighted by Crippen LogP contribution is 2.19. The first-order valence-corrected chi connectivity index (χ1v) is 5.10. The molecule has 0 aliphatic rings. The van der Waals surface area contributed by atoms with Gasteiger partial charge in [0.2, 0.25) is 5.65 Å². The molecule has 1 aromatic carbocycles. The van der Waals surface area contributed by atoms with Crippen LogP contribution in [0.15, 0.2) is 43.0 Å². The van der Waals surface area contributed by atoms with E-state index < -0.39 is 0 Å². The summed E-state index contributed by atoms with van der Waals surface area (Å²) >= 11 is 0. The van der Waals surface area contributed by atoms with Crippen LogP contribution in [-0.4, -0.2) is 19.6 Å². The molecule has 0 radical (unpaired) electrons. The summed E-state index contributed by atoms with van der Waals surface area (Å²) in [4.78, 5) is 4.23. The number of hydrogen-bond donors (Lipinski definition) is 2. The largest absolute Gasteiger partial charge is 0.399 e. The second-order valence-electron chi connectivity index (χ2n) is 3.59. The Morgan fingerprint density at radius 3 is 3.12 bits per heavy atom. The Bertz CT molecular complexity index is 660. The van der Waals surface area contributed by atoms with Crippen molar-refractivity contribution in [1.29, 1.82) is 0 Å². The van der Waals surface area contributed by atoms with Crippen molar-refractivity contribution in [3.63, 3.8) is 0 Å². The van der Waals surface area contributed by atoms with Gasteiger partial charge >= 0.3 is 0 Å². The van der Waals surface area contributed by atoms with E-state index in [1.165, 1.54) is 0 Å². The fourth-order valence-corrected chi connectivity index (χ4v) is 1.60. The summed E-state index contributed by atoms with van der Waals surface area (Å²) in [5.41, 5.74) is 7.95. The lowest BCUT2D eigenvalue weighted by atomic mass is 10.3. The number of nitrogens with zero attached hydrogens (tertiary/aromatic N) is 4. The second-order valence-corrected chi connectivity index (χ2v) is 3.59. The molecule has 3 N–H and O–H groups in total. The van der Waals surface area contributed by atoms with Crippen molar-refractivity contribution in [2.45, 2.75) is 0 Å². The van der Waals surface area contributed by atoms with Crippen molar-refractivity contribution >= 4 is 22.8 Å². The summed E-state index contributed by atoms with van der Waals surface area (Å²) in [6, 6.07) is 7.46. The molecule has 0 saturated carbocycles. The summed E-state index contributed by atoms with van der Waals surface area (Å²) in [5, 5.41) is 11.0. The minimum atomic E-state index is 0.649. The van der Waals surface area contributed by atoms with Gasteiger partial charge in [-0.3, -0.25) is 4.40 Å². The quantitative estimate of drug-likeness (QED) is 0.646. The molecule has 6 heteroatoms. The third-order valence-electron chi connectivity index (χ3n) is 2.37. The standard InChI is InChI=1S/C11H10N6/c12-8-2-1-3-9(6-8)15-10-11-16-14-7-17(11)5-4-13-10/h1-7H,12H2,(H,13,15). The number of fused-ring (bicyclic) bond motifs is 1. The van der Waals surface area contributed by atoms with Crippen molar-refractivity contribution in [3.8, 4) is 0 Å². The van der Waals surface area contributed by atoms with E-state index in [1.807, 2.05) is 24.3 Å². The van der Waals surface area contributed by atoms with Crippen molar-refractivity contribution in [2.24, 2.45) is 0 Å².